The molecule has 0 saturated heterocycles. The number of hydrogen-bond donors (Lipinski definition) is 1. The predicted octanol–water partition coefficient (Wildman–Crippen LogP) is 3.41. The largest absolute Gasteiger partial charge is 0.456 e. The fraction of sp³-hybridized carbons (Fsp3) is 0.105. The molecule has 26 heavy (non-hydrogen) atoms. The van der Waals surface area contributed by atoms with E-state index in [9.17, 15) is 9.18 Å². The van der Waals surface area contributed by atoms with E-state index in [2.05, 4.69) is 10.1 Å². The molecule has 0 saturated carbocycles. The van der Waals surface area contributed by atoms with E-state index in [4.69, 9.17) is 9.94 Å². The zero-order valence-corrected chi connectivity index (χ0v) is 14.2. The molecule has 1 amide bonds. The van der Waals surface area contributed by atoms with Gasteiger partial charge in [0.05, 0.1) is 23.3 Å². The topological polar surface area (TPSA) is 76.7 Å². The molecule has 6 nitrogen and oxygen atoms in total. The van der Waals surface area contributed by atoms with Crippen LogP contribution in [0.4, 0.5) is 4.39 Å². The van der Waals surface area contributed by atoms with E-state index >= 15 is 0 Å². The third-order valence-corrected chi connectivity index (χ3v) is 3.64. The van der Waals surface area contributed by atoms with Crippen molar-refractivity contribution in [2.45, 2.75) is 13.8 Å². The van der Waals surface area contributed by atoms with Gasteiger partial charge in [0, 0.05) is 0 Å². The van der Waals surface area contributed by atoms with Gasteiger partial charge in [-0.25, -0.2) is 9.38 Å². The van der Waals surface area contributed by atoms with E-state index in [1.54, 1.807) is 25.1 Å². The highest BCUT2D eigenvalue weighted by molar-refractivity contribution is 5.97. The summed E-state index contributed by atoms with van der Waals surface area (Å²) in [5.74, 6) is -0.0938. The van der Waals surface area contributed by atoms with Crippen LogP contribution in [0, 0.1) is 19.7 Å². The van der Waals surface area contributed by atoms with Crippen LogP contribution >= 0.6 is 0 Å². The first-order valence-corrected chi connectivity index (χ1v) is 7.80. The zero-order chi connectivity index (χ0) is 18.7. The van der Waals surface area contributed by atoms with Crippen molar-refractivity contribution in [1.82, 2.24) is 9.94 Å². The maximum Gasteiger partial charge on any atom is 0.281 e. The monoisotopic (exact) mass is 353 g/mol. The Balaban J connectivity index is 1.99. The lowest BCUT2D eigenvalue weighted by molar-refractivity contribution is 0.0995. The summed E-state index contributed by atoms with van der Waals surface area (Å²) in [5, 5.41) is 13.0. The van der Waals surface area contributed by atoms with Gasteiger partial charge in [-0.1, -0.05) is 6.07 Å². The van der Waals surface area contributed by atoms with Crippen LogP contribution in [0.1, 0.15) is 21.5 Å². The molecule has 0 radical (unpaired) electrons. The van der Waals surface area contributed by atoms with Gasteiger partial charge in [0.2, 0.25) is 0 Å². The van der Waals surface area contributed by atoms with Gasteiger partial charge in [0.15, 0.2) is 0 Å². The summed E-state index contributed by atoms with van der Waals surface area (Å²) >= 11 is 0. The van der Waals surface area contributed by atoms with Gasteiger partial charge in [-0.15, -0.1) is 9.94 Å². The Morgan fingerprint density at radius 3 is 2.65 bits per heavy atom. The van der Waals surface area contributed by atoms with Crippen LogP contribution in [0.15, 0.2) is 59.9 Å². The first-order chi connectivity index (χ1) is 12.4. The second kappa shape index (κ2) is 7.18. The van der Waals surface area contributed by atoms with Gasteiger partial charge < -0.3 is 9.94 Å². The van der Waals surface area contributed by atoms with Crippen molar-refractivity contribution < 1.29 is 19.1 Å². The number of amides is 1. The number of hydrogen-bond acceptors (Lipinski definition) is 4. The van der Waals surface area contributed by atoms with E-state index in [1.807, 2.05) is 6.92 Å². The predicted molar refractivity (Wildman–Crippen MR) is 91.7 cm³/mol. The molecule has 0 atom stereocenters. The minimum absolute atomic E-state index is 0.264. The van der Waals surface area contributed by atoms with Crippen LogP contribution in [-0.4, -0.2) is 21.1 Å². The van der Waals surface area contributed by atoms with E-state index in [0.717, 1.165) is 5.56 Å². The number of carbonyl (C=O) groups is 1. The van der Waals surface area contributed by atoms with Gasteiger partial charge in [-0.2, -0.15) is 0 Å². The number of aromatic nitrogens is 2. The average Bonchev–Trinajstić information content (AvgIpc) is 2.59. The standard InChI is InChI=1S/C19H16FN3O3/c1-12-3-5-16(19(24)22-15-7-8-23(25)21-11-15)18(9-12)26-17-6-4-14(20)10-13(17)2/h3-11,25H,1-2H3. The van der Waals surface area contributed by atoms with Crippen molar-refractivity contribution >= 4 is 5.91 Å². The van der Waals surface area contributed by atoms with Gasteiger partial charge in [-0.05, 0) is 61.4 Å². The third-order valence-electron chi connectivity index (χ3n) is 3.64. The molecule has 132 valence electrons. The maximum atomic E-state index is 13.3. The summed E-state index contributed by atoms with van der Waals surface area (Å²) in [7, 11) is 0. The minimum atomic E-state index is -0.516. The number of ether oxygens (including phenoxy) is 1. The fourth-order valence-electron chi connectivity index (χ4n) is 2.32. The zero-order valence-electron chi connectivity index (χ0n) is 14.2. The molecule has 0 bridgehead atoms. The van der Waals surface area contributed by atoms with Crippen LogP contribution in [-0.2, 0) is 0 Å². The Labute approximate surface area is 148 Å². The molecule has 0 unspecified atom stereocenters. The summed E-state index contributed by atoms with van der Waals surface area (Å²) in [6, 6.07) is 10.7. The quantitative estimate of drug-likeness (QED) is 0.732. The van der Waals surface area contributed by atoms with E-state index in [0.29, 0.717) is 27.3 Å². The van der Waals surface area contributed by atoms with Gasteiger partial charge >= 0.3 is 0 Å². The number of carbonyl (C=O) groups excluding carboxylic acids is 1. The number of halogens is 1. The molecule has 3 rings (SSSR count). The molecule has 0 aliphatic heterocycles. The maximum absolute atomic E-state index is 13.3. The van der Waals surface area contributed by atoms with Gasteiger partial charge in [-0.3, -0.25) is 4.79 Å². The number of benzene rings is 2. The lowest BCUT2D eigenvalue weighted by Crippen LogP contribution is -2.11. The first-order valence-electron chi connectivity index (χ1n) is 7.80. The molecular weight excluding hydrogens is 337 g/mol. The van der Waals surface area contributed by atoms with Crippen LogP contribution in [0.3, 0.4) is 0 Å². The Morgan fingerprint density at radius 2 is 1.96 bits per heavy atom. The van der Waals surface area contributed by atoms with E-state index in [-0.39, 0.29) is 11.4 Å². The Bertz CT molecular complexity index is 1020. The smallest absolute Gasteiger partial charge is 0.281 e. The molecule has 1 aromatic heterocycles. The van der Waals surface area contributed by atoms with Crippen molar-refractivity contribution in [3.63, 3.8) is 0 Å². The normalized spacial score (nSPS) is 11.4. The molecule has 0 spiro atoms. The molecular formula is C19H16FN3O3. The highest BCUT2D eigenvalue weighted by Crippen LogP contribution is 2.29. The Kier molecular flexibility index (Phi) is 4.79. The number of aryl methyl sites for hydroxylation is 2. The van der Waals surface area contributed by atoms with Crippen LogP contribution in [0.5, 0.6) is 11.5 Å². The summed E-state index contributed by atoms with van der Waals surface area (Å²) in [6.07, 6.45) is 2.53. The van der Waals surface area contributed by atoms with E-state index < -0.39 is 5.91 Å². The summed E-state index contributed by atoms with van der Waals surface area (Å²) in [5.41, 5.74) is 1.78. The lowest BCUT2D eigenvalue weighted by Gasteiger charge is -2.12. The van der Waals surface area contributed by atoms with Crippen molar-refractivity contribution in [3.05, 3.63) is 82.7 Å². The second-order valence-corrected chi connectivity index (χ2v) is 5.73. The second-order valence-electron chi connectivity index (χ2n) is 5.73. The van der Waals surface area contributed by atoms with Crippen LogP contribution < -0.4 is 10.1 Å². The molecule has 0 aliphatic rings. The van der Waals surface area contributed by atoms with Crippen molar-refractivity contribution in [3.8, 4) is 11.5 Å². The number of rotatable bonds is 3. The fourth-order valence-corrected chi connectivity index (χ4v) is 2.32. The Morgan fingerprint density at radius 1 is 1.15 bits per heavy atom. The molecule has 0 fully saturated rings. The third kappa shape index (κ3) is 3.94. The van der Waals surface area contributed by atoms with Gasteiger partial charge in [0.1, 0.15) is 17.3 Å². The van der Waals surface area contributed by atoms with Crippen molar-refractivity contribution in [1.29, 1.82) is 0 Å². The molecule has 1 heterocycles. The summed E-state index contributed by atoms with van der Waals surface area (Å²) < 4.78 is 19.1. The summed E-state index contributed by atoms with van der Waals surface area (Å²) in [6.45, 7) is 3.59. The first kappa shape index (κ1) is 17.3. The molecule has 1 N–H and O–H groups in total. The molecule has 0 aliphatic carbocycles. The van der Waals surface area contributed by atoms with Crippen LogP contribution in [0.25, 0.3) is 0 Å². The van der Waals surface area contributed by atoms with Crippen molar-refractivity contribution in [2.24, 2.45) is 4.99 Å². The molecule has 7 heteroatoms. The number of nitrogens with zero attached hydrogens (tertiary/aromatic N) is 3. The van der Waals surface area contributed by atoms with Crippen molar-refractivity contribution in [2.75, 3.05) is 0 Å². The van der Waals surface area contributed by atoms with E-state index in [1.165, 1.54) is 36.7 Å². The lowest BCUT2D eigenvalue weighted by atomic mass is 10.1. The molecule has 2 aromatic carbocycles. The summed E-state index contributed by atoms with van der Waals surface area (Å²) in [4.78, 5) is 17.1. The Hall–Kier alpha value is -3.48. The highest BCUT2D eigenvalue weighted by Gasteiger charge is 2.14. The highest BCUT2D eigenvalue weighted by atomic mass is 19.1. The average molecular weight is 353 g/mol. The van der Waals surface area contributed by atoms with Crippen LogP contribution in [0.2, 0.25) is 0 Å². The minimum Gasteiger partial charge on any atom is -0.456 e. The molecule has 3 aromatic rings. The van der Waals surface area contributed by atoms with Gasteiger partial charge in [0.25, 0.3) is 5.91 Å². The SMILES string of the molecule is Cc1ccc(C(=O)N=c2ccn(O)nc2)c(Oc2ccc(F)cc2C)c1.